The molecule has 0 aliphatic carbocycles. The summed E-state index contributed by atoms with van der Waals surface area (Å²) >= 11 is 3.52. The number of hydrogen-bond donors (Lipinski definition) is 0. The van der Waals surface area contributed by atoms with Crippen molar-refractivity contribution in [3.05, 3.63) is 12.5 Å². The third-order valence-corrected chi connectivity index (χ3v) is 4.39. The van der Waals surface area contributed by atoms with Crippen molar-refractivity contribution in [3.8, 4) is 0 Å². The third kappa shape index (κ3) is 2.33. The van der Waals surface area contributed by atoms with Crippen molar-refractivity contribution in [2.45, 2.75) is 31.7 Å². The molecule has 1 aliphatic heterocycles. The van der Waals surface area contributed by atoms with E-state index in [1.807, 2.05) is 17.9 Å². The highest BCUT2D eigenvalue weighted by Crippen LogP contribution is 2.31. The monoisotopic (exact) mass is 323 g/mol. The van der Waals surface area contributed by atoms with Gasteiger partial charge in [0.15, 0.2) is 5.65 Å². The molecule has 0 bridgehead atoms. The van der Waals surface area contributed by atoms with Crippen molar-refractivity contribution in [1.82, 2.24) is 19.7 Å². The van der Waals surface area contributed by atoms with Gasteiger partial charge in [0.1, 0.15) is 12.1 Å². The molecule has 1 unspecified atom stereocenters. The van der Waals surface area contributed by atoms with Crippen LogP contribution in [0.3, 0.4) is 0 Å². The van der Waals surface area contributed by atoms with Crippen molar-refractivity contribution in [2.75, 3.05) is 16.8 Å². The average Bonchev–Trinajstić information content (AvgIpc) is 3.03. The third-order valence-electron chi connectivity index (χ3n) is 3.83. The van der Waals surface area contributed by atoms with Crippen LogP contribution in [0.1, 0.15) is 25.7 Å². The molecular weight excluding hydrogens is 306 g/mol. The molecule has 5 nitrogen and oxygen atoms in total. The molecule has 0 aromatic carbocycles. The molecule has 0 spiro atoms. The van der Waals surface area contributed by atoms with E-state index in [0.717, 1.165) is 28.7 Å². The number of hydrogen-bond acceptors (Lipinski definition) is 4. The fraction of sp³-hybridized carbons (Fsp3) is 0.615. The summed E-state index contributed by atoms with van der Waals surface area (Å²) in [5.41, 5.74) is 0.913. The zero-order valence-corrected chi connectivity index (χ0v) is 12.7. The molecule has 1 saturated heterocycles. The number of aryl methyl sites for hydroxylation is 1. The topological polar surface area (TPSA) is 46.8 Å². The second kappa shape index (κ2) is 5.45. The van der Waals surface area contributed by atoms with Crippen LogP contribution in [0.5, 0.6) is 0 Å². The van der Waals surface area contributed by atoms with Crippen LogP contribution in [-0.2, 0) is 7.05 Å². The maximum Gasteiger partial charge on any atom is 0.163 e. The largest absolute Gasteiger partial charge is 0.353 e. The summed E-state index contributed by atoms with van der Waals surface area (Å²) in [5, 5.41) is 6.43. The Morgan fingerprint density at radius 1 is 1.42 bits per heavy atom. The fourth-order valence-electron chi connectivity index (χ4n) is 2.91. The molecule has 3 rings (SSSR count). The van der Waals surface area contributed by atoms with Crippen LogP contribution in [0, 0.1) is 0 Å². The van der Waals surface area contributed by atoms with E-state index < -0.39 is 0 Å². The van der Waals surface area contributed by atoms with Gasteiger partial charge in [0.2, 0.25) is 0 Å². The van der Waals surface area contributed by atoms with Gasteiger partial charge in [0, 0.05) is 25.0 Å². The van der Waals surface area contributed by atoms with Crippen molar-refractivity contribution < 1.29 is 0 Å². The first-order chi connectivity index (χ1) is 9.31. The van der Waals surface area contributed by atoms with Crippen LogP contribution in [0.25, 0.3) is 11.0 Å². The Labute approximate surface area is 121 Å². The molecule has 0 N–H and O–H groups in total. The van der Waals surface area contributed by atoms with Gasteiger partial charge in [-0.25, -0.2) is 9.97 Å². The smallest absolute Gasteiger partial charge is 0.163 e. The van der Waals surface area contributed by atoms with Crippen LogP contribution in [0.15, 0.2) is 12.5 Å². The van der Waals surface area contributed by atoms with Gasteiger partial charge in [-0.3, -0.25) is 4.68 Å². The summed E-state index contributed by atoms with van der Waals surface area (Å²) in [6, 6.07) is 0.607. The van der Waals surface area contributed by atoms with E-state index in [4.69, 9.17) is 0 Å². The second-order valence-corrected chi connectivity index (χ2v) is 5.82. The molecule has 0 amide bonds. The van der Waals surface area contributed by atoms with E-state index >= 15 is 0 Å². The number of anilines is 1. The predicted molar refractivity (Wildman–Crippen MR) is 79.7 cm³/mol. The zero-order chi connectivity index (χ0) is 13.2. The minimum Gasteiger partial charge on any atom is -0.353 e. The molecule has 102 valence electrons. The van der Waals surface area contributed by atoms with Gasteiger partial charge in [-0.1, -0.05) is 15.9 Å². The van der Waals surface area contributed by atoms with Gasteiger partial charge in [-0.2, -0.15) is 5.10 Å². The lowest BCUT2D eigenvalue weighted by atomic mass is 10.1. The minimum atomic E-state index is 0.607. The molecule has 1 aliphatic rings. The van der Waals surface area contributed by atoms with Crippen LogP contribution < -0.4 is 4.90 Å². The molecule has 6 heteroatoms. The first-order valence-electron chi connectivity index (χ1n) is 6.76. The molecule has 0 saturated carbocycles. The fourth-order valence-corrected chi connectivity index (χ4v) is 3.23. The highest BCUT2D eigenvalue weighted by atomic mass is 79.9. The van der Waals surface area contributed by atoms with Crippen LogP contribution in [0.2, 0.25) is 0 Å². The highest BCUT2D eigenvalue weighted by molar-refractivity contribution is 9.09. The molecule has 2 aromatic rings. The van der Waals surface area contributed by atoms with E-state index in [-0.39, 0.29) is 0 Å². The summed E-state index contributed by atoms with van der Waals surface area (Å²) in [5.74, 6) is 1.05. The quantitative estimate of drug-likeness (QED) is 0.811. The first kappa shape index (κ1) is 12.8. The second-order valence-electron chi connectivity index (χ2n) is 5.02. The predicted octanol–water partition coefficient (Wildman–Crippen LogP) is 2.51. The Kier molecular flexibility index (Phi) is 3.68. The van der Waals surface area contributed by atoms with Crippen molar-refractivity contribution >= 4 is 32.8 Å². The Morgan fingerprint density at radius 3 is 3.16 bits per heavy atom. The SMILES string of the molecule is Cn1ncc2c(N3CCCC3CCCBr)ncnc21. The van der Waals surface area contributed by atoms with Crippen LogP contribution in [0.4, 0.5) is 5.82 Å². The summed E-state index contributed by atoms with van der Waals surface area (Å²) in [6.45, 7) is 1.09. The maximum absolute atomic E-state index is 4.51. The molecule has 1 fully saturated rings. The number of alkyl halides is 1. The normalized spacial score (nSPS) is 19.5. The summed E-state index contributed by atoms with van der Waals surface area (Å²) in [6.07, 6.45) is 8.47. The van der Waals surface area contributed by atoms with Gasteiger partial charge in [0.05, 0.1) is 11.6 Å². The van der Waals surface area contributed by atoms with Gasteiger partial charge in [0.25, 0.3) is 0 Å². The number of fused-ring (bicyclic) bond motifs is 1. The molecular formula is C13H18BrN5. The maximum atomic E-state index is 4.51. The number of halogens is 1. The van der Waals surface area contributed by atoms with Gasteiger partial charge >= 0.3 is 0 Å². The Bertz CT molecular complexity index is 567. The van der Waals surface area contributed by atoms with Gasteiger partial charge in [-0.15, -0.1) is 0 Å². The zero-order valence-electron chi connectivity index (χ0n) is 11.1. The van der Waals surface area contributed by atoms with Crippen LogP contribution >= 0.6 is 15.9 Å². The Morgan fingerprint density at radius 2 is 2.32 bits per heavy atom. The Hall–Kier alpha value is -1.17. The van der Waals surface area contributed by atoms with E-state index in [0.29, 0.717) is 6.04 Å². The van der Waals surface area contributed by atoms with E-state index in [2.05, 4.69) is 35.9 Å². The van der Waals surface area contributed by atoms with E-state index in [9.17, 15) is 0 Å². The van der Waals surface area contributed by atoms with E-state index in [1.165, 1.54) is 25.7 Å². The molecule has 19 heavy (non-hydrogen) atoms. The summed E-state index contributed by atoms with van der Waals surface area (Å²) in [7, 11) is 1.92. The van der Waals surface area contributed by atoms with Gasteiger partial charge < -0.3 is 4.90 Å². The summed E-state index contributed by atoms with van der Waals surface area (Å²) < 4.78 is 1.81. The van der Waals surface area contributed by atoms with Crippen molar-refractivity contribution in [1.29, 1.82) is 0 Å². The molecule has 1 atom stereocenters. The highest BCUT2D eigenvalue weighted by Gasteiger charge is 2.27. The standard InChI is InChI=1S/C13H18BrN5/c1-18-12-11(8-17-18)13(16-9-15-12)19-7-3-5-10(19)4-2-6-14/h8-10H,2-7H2,1H3. The van der Waals surface area contributed by atoms with Crippen molar-refractivity contribution in [3.63, 3.8) is 0 Å². The van der Waals surface area contributed by atoms with Crippen LogP contribution in [-0.4, -0.2) is 37.7 Å². The first-order valence-corrected chi connectivity index (χ1v) is 7.88. The molecule has 2 aromatic heterocycles. The number of aromatic nitrogens is 4. The minimum absolute atomic E-state index is 0.607. The Balaban J connectivity index is 1.94. The summed E-state index contributed by atoms with van der Waals surface area (Å²) in [4.78, 5) is 11.3. The molecule has 0 radical (unpaired) electrons. The lowest BCUT2D eigenvalue weighted by Crippen LogP contribution is -2.30. The van der Waals surface area contributed by atoms with Gasteiger partial charge in [-0.05, 0) is 25.7 Å². The lowest BCUT2D eigenvalue weighted by Gasteiger charge is -2.25. The number of nitrogens with zero attached hydrogens (tertiary/aromatic N) is 5. The van der Waals surface area contributed by atoms with Crippen molar-refractivity contribution in [2.24, 2.45) is 7.05 Å². The lowest BCUT2D eigenvalue weighted by molar-refractivity contribution is 0.601. The number of rotatable bonds is 4. The van der Waals surface area contributed by atoms with E-state index in [1.54, 1.807) is 6.33 Å². The average molecular weight is 324 g/mol. The molecule has 3 heterocycles.